The monoisotopic (exact) mass is 381 g/mol. The fourth-order valence-corrected chi connectivity index (χ4v) is 5.80. The van der Waals surface area contributed by atoms with Crippen molar-refractivity contribution in [1.29, 1.82) is 0 Å². The number of halogens is 1. The lowest BCUT2D eigenvalue weighted by Gasteiger charge is -2.03. The number of aryl methyl sites for hydroxylation is 1. The summed E-state index contributed by atoms with van der Waals surface area (Å²) in [6, 6.07) is 1.59. The van der Waals surface area contributed by atoms with Crippen LogP contribution < -0.4 is 10.5 Å². The summed E-state index contributed by atoms with van der Waals surface area (Å²) < 4.78 is 27.5. The maximum absolute atomic E-state index is 12.2. The molecule has 2 heterocycles. The van der Waals surface area contributed by atoms with Crippen LogP contribution in [-0.2, 0) is 23.1 Å². The smallest absolute Gasteiger partial charge is 0.242 e. The first kappa shape index (κ1) is 15.1. The van der Waals surface area contributed by atoms with Gasteiger partial charge in [0.25, 0.3) is 0 Å². The van der Waals surface area contributed by atoms with Gasteiger partial charge < -0.3 is 5.73 Å². The van der Waals surface area contributed by atoms with Crippen LogP contribution in [0.15, 0.2) is 20.9 Å². The Kier molecular flexibility index (Phi) is 4.75. The van der Waals surface area contributed by atoms with Gasteiger partial charge in [0.1, 0.15) is 4.90 Å². The van der Waals surface area contributed by atoms with E-state index >= 15 is 0 Å². The quantitative estimate of drug-likeness (QED) is 0.831. The molecule has 0 atom stereocenters. The van der Waals surface area contributed by atoms with Crippen molar-refractivity contribution in [2.24, 2.45) is 5.73 Å². The molecule has 0 aromatic carbocycles. The Morgan fingerprint density at radius 1 is 1.42 bits per heavy atom. The summed E-state index contributed by atoms with van der Waals surface area (Å²) in [4.78, 5) is 6.02. The van der Waals surface area contributed by atoms with Crippen molar-refractivity contribution in [3.05, 3.63) is 30.8 Å². The number of nitrogens with one attached hydrogen (secondary N) is 1. The third kappa shape index (κ3) is 3.61. The van der Waals surface area contributed by atoms with Gasteiger partial charge in [-0.3, -0.25) is 0 Å². The van der Waals surface area contributed by atoms with E-state index in [0.29, 0.717) is 10.3 Å². The van der Waals surface area contributed by atoms with Gasteiger partial charge in [-0.1, -0.05) is 0 Å². The second-order valence-electron chi connectivity index (χ2n) is 3.72. The van der Waals surface area contributed by atoms with Crippen molar-refractivity contribution >= 4 is 48.6 Å². The molecule has 9 heteroatoms. The predicted molar refractivity (Wildman–Crippen MR) is 80.8 cm³/mol. The molecule has 19 heavy (non-hydrogen) atoms. The van der Waals surface area contributed by atoms with Gasteiger partial charge in [-0.2, -0.15) is 0 Å². The normalized spacial score (nSPS) is 11.9. The molecule has 0 fully saturated rings. The number of hydrogen-bond acceptors (Lipinski definition) is 6. The number of aromatic nitrogens is 1. The van der Waals surface area contributed by atoms with Crippen molar-refractivity contribution in [2.45, 2.75) is 24.9 Å². The van der Waals surface area contributed by atoms with Gasteiger partial charge in [-0.15, -0.1) is 22.7 Å². The van der Waals surface area contributed by atoms with E-state index in [1.54, 1.807) is 12.3 Å². The third-order valence-electron chi connectivity index (χ3n) is 2.30. The lowest BCUT2D eigenvalue weighted by atomic mass is 10.5. The van der Waals surface area contributed by atoms with E-state index in [0.717, 1.165) is 14.8 Å². The Labute approximate surface area is 128 Å². The first-order valence-corrected chi connectivity index (χ1v) is 9.22. The summed E-state index contributed by atoms with van der Waals surface area (Å²) >= 11 is 6.06. The molecule has 0 spiro atoms. The van der Waals surface area contributed by atoms with Gasteiger partial charge in [-0.05, 0) is 28.9 Å². The molecule has 0 aliphatic rings. The van der Waals surface area contributed by atoms with Crippen LogP contribution >= 0.6 is 38.6 Å². The highest BCUT2D eigenvalue weighted by atomic mass is 79.9. The number of nitrogens with two attached hydrogens (primary N) is 1. The SMILES string of the molecule is Cc1ncc(CNS(=O)(=O)c2cc(CN)sc2Br)s1. The van der Waals surface area contributed by atoms with Crippen LogP contribution in [0.5, 0.6) is 0 Å². The highest BCUT2D eigenvalue weighted by Crippen LogP contribution is 2.31. The predicted octanol–water partition coefficient (Wildman–Crippen LogP) is 2.21. The molecule has 0 saturated heterocycles. The Hall–Kier alpha value is -0.320. The van der Waals surface area contributed by atoms with Gasteiger partial charge in [0.2, 0.25) is 10.0 Å². The Morgan fingerprint density at radius 2 is 2.16 bits per heavy atom. The van der Waals surface area contributed by atoms with E-state index in [1.807, 2.05) is 6.92 Å². The zero-order chi connectivity index (χ0) is 14.0. The molecule has 0 bridgehead atoms. The van der Waals surface area contributed by atoms with Crippen LogP contribution in [0, 0.1) is 6.92 Å². The highest BCUT2D eigenvalue weighted by Gasteiger charge is 2.20. The lowest BCUT2D eigenvalue weighted by Crippen LogP contribution is -2.22. The highest BCUT2D eigenvalue weighted by molar-refractivity contribution is 9.11. The van der Waals surface area contributed by atoms with Crippen LogP contribution in [0.25, 0.3) is 0 Å². The molecule has 2 rings (SSSR count). The largest absolute Gasteiger partial charge is 0.326 e. The first-order valence-electron chi connectivity index (χ1n) is 5.31. The number of nitrogens with zero attached hydrogens (tertiary/aromatic N) is 1. The fraction of sp³-hybridized carbons (Fsp3) is 0.300. The summed E-state index contributed by atoms with van der Waals surface area (Å²) in [6.07, 6.45) is 1.68. The second kappa shape index (κ2) is 5.98. The van der Waals surface area contributed by atoms with Crippen LogP contribution in [0.1, 0.15) is 14.8 Å². The average molecular weight is 382 g/mol. The summed E-state index contributed by atoms with van der Waals surface area (Å²) in [5, 5.41) is 0.913. The van der Waals surface area contributed by atoms with E-state index in [2.05, 4.69) is 25.6 Å². The van der Waals surface area contributed by atoms with E-state index in [4.69, 9.17) is 5.73 Å². The fourth-order valence-electron chi connectivity index (χ4n) is 1.41. The molecule has 0 aliphatic heterocycles. The number of hydrogen-bond donors (Lipinski definition) is 2. The molecule has 0 aliphatic carbocycles. The lowest BCUT2D eigenvalue weighted by molar-refractivity contribution is 0.581. The van der Waals surface area contributed by atoms with Crippen molar-refractivity contribution in [3.63, 3.8) is 0 Å². The van der Waals surface area contributed by atoms with Crippen molar-refractivity contribution < 1.29 is 8.42 Å². The molecule has 3 N–H and O–H groups in total. The van der Waals surface area contributed by atoms with E-state index < -0.39 is 10.0 Å². The van der Waals surface area contributed by atoms with Crippen LogP contribution in [0.2, 0.25) is 0 Å². The van der Waals surface area contributed by atoms with Crippen LogP contribution in [-0.4, -0.2) is 13.4 Å². The Morgan fingerprint density at radius 3 is 2.68 bits per heavy atom. The number of sulfonamides is 1. The molecular formula is C10H12BrN3O2S3. The molecular weight excluding hydrogens is 370 g/mol. The molecule has 2 aromatic rings. The molecule has 104 valence electrons. The van der Waals surface area contributed by atoms with E-state index in [1.165, 1.54) is 22.7 Å². The van der Waals surface area contributed by atoms with Crippen molar-refractivity contribution in [3.8, 4) is 0 Å². The minimum atomic E-state index is -3.53. The van der Waals surface area contributed by atoms with Gasteiger partial charge in [-0.25, -0.2) is 18.1 Å². The zero-order valence-corrected chi connectivity index (χ0v) is 14.0. The number of thiazole rings is 1. The van der Waals surface area contributed by atoms with E-state index in [9.17, 15) is 8.42 Å². The second-order valence-corrected chi connectivity index (χ2v) is 9.23. The molecule has 0 radical (unpaired) electrons. The summed E-state index contributed by atoms with van der Waals surface area (Å²) in [6.45, 7) is 2.45. The third-order valence-corrected chi connectivity index (χ3v) is 6.89. The Bertz CT molecular complexity index is 678. The van der Waals surface area contributed by atoms with Gasteiger partial charge in [0.05, 0.1) is 8.79 Å². The number of thiophene rings is 1. The summed E-state index contributed by atoms with van der Waals surface area (Å²) in [5.41, 5.74) is 5.51. The maximum Gasteiger partial charge on any atom is 0.242 e. The van der Waals surface area contributed by atoms with Crippen molar-refractivity contribution in [2.75, 3.05) is 0 Å². The molecule has 2 aromatic heterocycles. The number of rotatable bonds is 5. The Balaban J connectivity index is 2.15. The summed E-state index contributed by atoms with van der Waals surface area (Å²) in [5.74, 6) is 0. The van der Waals surface area contributed by atoms with Gasteiger partial charge in [0, 0.05) is 29.0 Å². The molecule has 0 saturated carbocycles. The minimum absolute atomic E-state index is 0.235. The van der Waals surface area contributed by atoms with Crippen LogP contribution in [0.4, 0.5) is 0 Å². The van der Waals surface area contributed by atoms with Gasteiger partial charge >= 0.3 is 0 Å². The molecule has 0 unspecified atom stereocenters. The topological polar surface area (TPSA) is 85.1 Å². The average Bonchev–Trinajstić information content (AvgIpc) is 2.93. The summed E-state index contributed by atoms with van der Waals surface area (Å²) in [7, 11) is -3.53. The van der Waals surface area contributed by atoms with Gasteiger partial charge in [0.15, 0.2) is 0 Å². The van der Waals surface area contributed by atoms with Crippen molar-refractivity contribution in [1.82, 2.24) is 9.71 Å². The maximum atomic E-state index is 12.2. The first-order chi connectivity index (χ1) is 8.92. The zero-order valence-electron chi connectivity index (χ0n) is 10.0. The van der Waals surface area contributed by atoms with Crippen LogP contribution in [0.3, 0.4) is 0 Å². The standard InChI is InChI=1S/C10H12BrN3O2S3/c1-6-13-4-8(17-6)5-14-19(15,16)9-2-7(3-12)18-10(9)11/h2,4,14H,3,5,12H2,1H3. The minimum Gasteiger partial charge on any atom is -0.326 e. The molecule has 0 amide bonds. The molecule has 5 nitrogen and oxygen atoms in total. The van der Waals surface area contributed by atoms with E-state index in [-0.39, 0.29) is 11.4 Å².